The van der Waals surface area contributed by atoms with Gasteiger partial charge in [-0.15, -0.1) is 0 Å². The van der Waals surface area contributed by atoms with Gasteiger partial charge >= 0.3 is 6.18 Å². The topological polar surface area (TPSA) is 46.7 Å². The van der Waals surface area contributed by atoms with Gasteiger partial charge in [0.25, 0.3) is 5.91 Å². The first-order valence-corrected chi connectivity index (χ1v) is 8.28. The Morgan fingerprint density at radius 1 is 1.16 bits per heavy atom. The maximum atomic E-state index is 12.6. The number of carbonyl (C=O) groups is 1. The number of furan rings is 1. The third-order valence-corrected chi connectivity index (χ3v) is 4.57. The van der Waals surface area contributed by atoms with Gasteiger partial charge in [-0.25, -0.2) is 0 Å². The zero-order valence-corrected chi connectivity index (χ0v) is 13.6. The van der Waals surface area contributed by atoms with E-state index in [1.54, 1.807) is 6.26 Å². The molecular formula is C18H20F3N2O2+. The van der Waals surface area contributed by atoms with Crippen molar-refractivity contribution in [3.63, 3.8) is 0 Å². The third kappa shape index (κ3) is 4.22. The zero-order chi connectivity index (χ0) is 17.9. The van der Waals surface area contributed by atoms with E-state index >= 15 is 0 Å². The molecule has 3 rings (SSSR count). The number of alkyl halides is 3. The minimum absolute atomic E-state index is 0.0101. The van der Waals surface area contributed by atoms with Crippen molar-refractivity contribution in [3.8, 4) is 0 Å². The van der Waals surface area contributed by atoms with Crippen LogP contribution < -0.4 is 10.2 Å². The minimum Gasteiger partial charge on any atom is -0.463 e. The largest absolute Gasteiger partial charge is 0.463 e. The van der Waals surface area contributed by atoms with Crippen LogP contribution in [0, 0.1) is 0 Å². The van der Waals surface area contributed by atoms with Crippen molar-refractivity contribution in [2.45, 2.75) is 25.1 Å². The van der Waals surface area contributed by atoms with Gasteiger partial charge in [0.2, 0.25) is 0 Å². The van der Waals surface area contributed by atoms with Crippen molar-refractivity contribution in [2.24, 2.45) is 0 Å². The molecule has 134 valence electrons. The Hall–Kier alpha value is -2.28. The van der Waals surface area contributed by atoms with Crippen LogP contribution in [0.1, 0.15) is 40.6 Å². The number of rotatable bonds is 5. The predicted octanol–water partition coefficient (Wildman–Crippen LogP) is 2.45. The molecule has 2 aromatic rings. The minimum atomic E-state index is -4.40. The van der Waals surface area contributed by atoms with Crippen molar-refractivity contribution < 1.29 is 27.3 Å². The molecule has 25 heavy (non-hydrogen) atoms. The lowest BCUT2D eigenvalue weighted by Gasteiger charge is -2.23. The van der Waals surface area contributed by atoms with E-state index in [-0.39, 0.29) is 17.5 Å². The summed E-state index contributed by atoms with van der Waals surface area (Å²) in [7, 11) is 0. The molecular weight excluding hydrogens is 333 g/mol. The molecule has 1 aromatic carbocycles. The molecule has 0 unspecified atom stereocenters. The molecule has 0 bridgehead atoms. The van der Waals surface area contributed by atoms with Crippen LogP contribution in [0.25, 0.3) is 0 Å². The molecule has 1 aliphatic rings. The monoisotopic (exact) mass is 353 g/mol. The normalized spacial score (nSPS) is 16.8. The van der Waals surface area contributed by atoms with Crippen LogP contribution in [-0.2, 0) is 6.18 Å². The highest BCUT2D eigenvalue weighted by Crippen LogP contribution is 2.29. The lowest BCUT2D eigenvalue weighted by atomic mass is 10.1. The Morgan fingerprint density at radius 3 is 2.40 bits per heavy atom. The summed E-state index contributed by atoms with van der Waals surface area (Å²) in [5, 5.41) is 2.82. The van der Waals surface area contributed by atoms with Gasteiger partial charge in [0.1, 0.15) is 0 Å². The first-order valence-electron chi connectivity index (χ1n) is 8.28. The summed E-state index contributed by atoms with van der Waals surface area (Å²) in [4.78, 5) is 13.6. The van der Waals surface area contributed by atoms with Crippen LogP contribution in [0.15, 0.2) is 47.1 Å². The van der Waals surface area contributed by atoms with Gasteiger partial charge in [-0.2, -0.15) is 13.2 Å². The molecule has 1 amide bonds. The molecule has 1 aliphatic heterocycles. The summed E-state index contributed by atoms with van der Waals surface area (Å²) in [6, 6.07) is 7.95. The van der Waals surface area contributed by atoms with E-state index in [2.05, 4.69) is 5.32 Å². The molecule has 0 aliphatic carbocycles. The summed E-state index contributed by atoms with van der Waals surface area (Å²) in [5.74, 6) is 0.425. The van der Waals surface area contributed by atoms with Crippen LogP contribution >= 0.6 is 0 Å². The van der Waals surface area contributed by atoms with E-state index in [9.17, 15) is 18.0 Å². The number of halogens is 3. The van der Waals surface area contributed by atoms with E-state index in [1.807, 2.05) is 12.1 Å². The van der Waals surface area contributed by atoms with Crippen molar-refractivity contribution in [2.75, 3.05) is 19.6 Å². The number of carbonyl (C=O) groups excluding carboxylic acids is 1. The smallest absolute Gasteiger partial charge is 0.416 e. The Balaban J connectivity index is 1.65. The average Bonchev–Trinajstić information content (AvgIpc) is 3.28. The number of likely N-dealkylation sites (tertiary alicyclic amines) is 1. The summed E-state index contributed by atoms with van der Waals surface area (Å²) in [6.45, 7) is 2.41. The fourth-order valence-electron chi connectivity index (χ4n) is 3.22. The van der Waals surface area contributed by atoms with Crippen molar-refractivity contribution >= 4 is 5.91 Å². The summed E-state index contributed by atoms with van der Waals surface area (Å²) in [6.07, 6.45) is -0.521. The van der Waals surface area contributed by atoms with Gasteiger partial charge in [0.05, 0.1) is 31.5 Å². The fourth-order valence-corrected chi connectivity index (χ4v) is 3.22. The maximum absolute atomic E-state index is 12.6. The number of nitrogens with one attached hydrogen (secondary N) is 2. The van der Waals surface area contributed by atoms with E-state index in [4.69, 9.17) is 4.42 Å². The second-order valence-corrected chi connectivity index (χ2v) is 6.22. The summed E-state index contributed by atoms with van der Waals surface area (Å²) < 4.78 is 43.3. The lowest BCUT2D eigenvalue weighted by Crippen LogP contribution is -3.11. The van der Waals surface area contributed by atoms with Crippen LogP contribution in [0.4, 0.5) is 13.2 Å². The van der Waals surface area contributed by atoms with E-state index in [1.165, 1.54) is 17.0 Å². The second kappa shape index (κ2) is 7.31. The van der Waals surface area contributed by atoms with E-state index in [0.717, 1.165) is 43.8 Å². The molecule has 0 radical (unpaired) electrons. The molecule has 7 heteroatoms. The Morgan fingerprint density at radius 2 is 1.84 bits per heavy atom. The number of hydrogen-bond donors (Lipinski definition) is 2. The molecule has 4 nitrogen and oxygen atoms in total. The van der Waals surface area contributed by atoms with Gasteiger partial charge in [-0.05, 0) is 36.4 Å². The Labute approximate surface area is 143 Å². The fraction of sp³-hybridized carbons (Fsp3) is 0.389. The third-order valence-electron chi connectivity index (χ3n) is 4.57. The molecule has 1 saturated heterocycles. The first kappa shape index (κ1) is 17.5. The SMILES string of the molecule is O=C(NC[C@@H](c1ccco1)[NH+]1CCCC1)c1ccc(C(F)(F)F)cc1. The maximum Gasteiger partial charge on any atom is 0.416 e. The van der Waals surface area contributed by atoms with Gasteiger partial charge in [0.15, 0.2) is 11.8 Å². The summed E-state index contributed by atoms with van der Waals surface area (Å²) >= 11 is 0. The molecule has 0 spiro atoms. The number of benzene rings is 1. The highest BCUT2D eigenvalue weighted by atomic mass is 19.4. The summed E-state index contributed by atoms with van der Waals surface area (Å²) in [5.41, 5.74) is -0.554. The lowest BCUT2D eigenvalue weighted by molar-refractivity contribution is -0.919. The standard InChI is InChI=1S/C18H19F3N2O2/c19-18(20,21)14-7-5-13(6-8-14)17(24)22-12-15(16-4-3-11-25-16)23-9-1-2-10-23/h3-8,11,15H,1-2,9-10,12H2,(H,22,24)/p+1/t15-/m0/s1. The molecule has 0 saturated carbocycles. The van der Waals surface area contributed by atoms with Crippen LogP contribution in [0.5, 0.6) is 0 Å². The van der Waals surface area contributed by atoms with Crippen LogP contribution in [0.3, 0.4) is 0 Å². The first-order chi connectivity index (χ1) is 11.9. The van der Waals surface area contributed by atoms with Crippen LogP contribution in [0.2, 0.25) is 0 Å². The Bertz CT molecular complexity index is 690. The number of hydrogen-bond acceptors (Lipinski definition) is 2. The molecule has 1 atom stereocenters. The van der Waals surface area contributed by atoms with Crippen LogP contribution in [-0.4, -0.2) is 25.5 Å². The number of amides is 1. The second-order valence-electron chi connectivity index (χ2n) is 6.22. The zero-order valence-electron chi connectivity index (χ0n) is 13.6. The highest BCUT2D eigenvalue weighted by Gasteiger charge is 2.31. The van der Waals surface area contributed by atoms with Gasteiger partial charge in [0, 0.05) is 18.4 Å². The van der Waals surface area contributed by atoms with E-state index < -0.39 is 11.7 Å². The highest BCUT2D eigenvalue weighted by molar-refractivity contribution is 5.94. The predicted molar refractivity (Wildman–Crippen MR) is 85.2 cm³/mol. The molecule has 1 aromatic heterocycles. The van der Waals surface area contributed by atoms with Gasteiger partial charge in [-0.1, -0.05) is 0 Å². The molecule has 2 heterocycles. The molecule has 2 N–H and O–H groups in total. The van der Waals surface area contributed by atoms with Crippen molar-refractivity contribution in [3.05, 3.63) is 59.5 Å². The quantitative estimate of drug-likeness (QED) is 0.867. The molecule has 1 fully saturated rings. The van der Waals surface area contributed by atoms with Crippen molar-refractivity contribution in [1.29, 1.82) is 0 Å². The van der Waals surface area contributed by atoms with E-state index in [0.29, 0.717) is 6.54 Å². The number of quaternary nitrogens is 1. The van der Waals surface area contributed by atoms with Gasteiger partial charge in [-0.3, -0.25) is 4.79 Å². The Kier molecular flexibility index (Phi) is 5.13. The average molecular weight is 353 g/mol. The van der Waals surface area contributed by atoms with Gasteiger partial charge < -0.3 is 14.6 Å². The van der Waals surface area contributed by atoms with Crippen molar-refractivity contribution in [1.82, 2.24) is 5.32 Å².